The molecule has 1 aliphatic rings. The van der Waals surface area contributed by atoms with Gasteiger partial charge in [0, 0.05) is 32.2 Å². The Kier molecular flexibility index (Phi) is 8.78. The van der Waals surface area contributed by atoms with Crippen molar-refractivity contribution in [2.45, 2.75) is 46.1 Å². The summed E-state index contributed by atoms with van der Waals surface area (Å²) in [6.07, 6.45) is 5.03. The van der Waals surface area contributed by atoms with Gasteiger partial charge in [0.15, 0.2) is 5.96 Å². The SMILES string of the molecule is CN=C(NCc1sc(C)nc1C)NCC1(CCOC)CCC1.I. The van der Waals surface area contributed by atoms with Gasteiger partial charge in [-0.15, -0.1) is 35.3 Å². The van der Waals surface area contributed by atoms with E-state index in [1.54, 1.807) is 18.4 Å². The van der Waals surface area contributed by atoms with Crippen molar-refractivity contribution in [2.75, 3.05) is 27.3 Å². The Morgan fingerprint density at radius 1 is 1.35 bits per heavy atom. The van der Waals surface area contributed by atoms with Crippen LogP contribution in [-0.2, 0) is 11.3 Å². The third-order valence-electron chi connectivity index (χ3n) is 4.52. The first-order valence-electron chi connectivity index (χ1n) is 7.95. The second kappa shape index (κ2) is 9.78. The first-order chi connectivity index (χ1) is 10.6. The van der Waals surface area contributed by atoms with Crippen LogP contribution in [0.3, 0.4) is 0 Å². The number of methoxy groups -OCH3 is 1. The monoisotopic (exact) mass is 452 g/mol. The van der Waals surface area contributed by atoms with Gasteiger partial charge in [0.25, 0.3) is 0 Å². The molecule has 0 amide bonds. The summed E-state index contributed by atoms with van der Waals surface area (Å²) in [5, 5.41) is 8.00. The molecule has 1 saturated carbocycles. The molecule has 7 heteroatoms. The quantitative estimate of drug-likeness (QED) is 0.379. The molecule has 0 atom stereocenters. The number of nitrogens with one attached hydrogen (secondary N) is 2. The molecule has 0 aliphatic heterocycles. The Morgan fingerprint density at radius 3 is 2.57 bits per heavy atom. The molecule has 2 rings (SSSR count). The van der Waals surface area contributed by atoms with Gasteiger partial charge in [-0.1, -0.05) is 6.42 Å². The van der Waals surface area contributed by atoms with E-state index in [2.05, 4.69) is 27.5 Å². The van der Waals surface area contributed by atoms with Crippen LogP contribution in [0.1, 0.15) is 41.3 Å². The van der Waals surface area contributed by atoms with Gasteiger partial charge in [0.05, 0.1) is 17.2 Å². The number of thiazole rings is 1. The molecule has 1 heterocycles. The normalized spacial score (nSPS) is 16.4. The van der Waals surface area contributed by atoms with Crippen molar-refractivity contribution < 1.29 is 4.74 Å². The number of aliphatic imine (C=N–C) groups is 1. The summed E-state index contributed by atoms with van der Waals surface area (Å²) < 4.78 is 5.25. The maximum atomic E-state index is 5.25. The van der Waals surface area contributed by atoms with Crippen LogP contribution in [0.2, 0.25) is 0 Å². The summed E-state index contributed by atoms with van der Waals surface area (Å²) in [6, 6.07) is 0. The summed E-state index contributed by atoms with van der Waals surface area (Å²) in [6.45, 7) is 6.70. The molecule has 132 valence electrons. The van der Waals surface area contributed by atoms with Crippen LogP contribution in [-0.4, -0.2) is 38.3 Å². The zero-order valence-corrected chi connectivity index (χ0v) is 17.7. The molecule has 23 heavy (non-hydrogen) atoms. The average Bonchev–Trinajstić information content (AvgIpc) is 2.78. The van der Waals surface area contributed by atoms with Gasteiger partial charge in [-0.25, -0.2) is 4.98 Å². The molecular formula is C16H29IN4OS. The van der Waals surface area contributed by atoms with Gasteiger partial charge in [-0.3, -0.25) is 4.99 Å². The van der Waals surface area contributed by atoms with Crippen molar-refractivity contribution in [2.24, 2.45) is 10.4 Å². The van der Waals surface area contributed by atoms with Crippen LogP contribution in [0.15, 0.2) is 4.99 Å². The van der Waals surface area contributed by atoms with Crippen LogP contribution >= 0.6 is 35.3 Å². The Balaban J connectivity index is 0.00000264. The van der Waals surface area contributed by atoms with Crippen LogP contribution in [0.25, 0.3) is 0 Å². The number of hydrogen-bond donors (Lipinski definition) is 2. The molecular weight excluding hydrogens is 423 g/mol. The average molecular weight is 452 g/mol. The standard InChI is InChI=1S/C16H28N4OS.HI/c1-12-14(22-13(2)20-12)10-18-15(17-3)19-11-16(6-5-7-16)8-9-21-4;/h5-11H2,1-4H3,(H2,17,18,19);1H. The molecule has 5 nitrogen and oxygen atoms in total. The van der Waals surface area contributed by atoms with Crippen molar-refractivity contribution in [1.29, 1.82) is 0 Å². The lowest BCUT2D eigenvalue weighted by molar-refractivity contribution is 0.0732. The Bertz CT molecular complexity index is 514. The molecule has 1 fully saturated rings. The number of aryl methyl sites for hydroxylation is 2. The van der Waals surface area contributed by atoms with Crippen LogP contribution in [0.5, 0.6) is 0 Å². The van der Waals surface area contributed by atoms with E-state index in [4.69, 9.17) is 4.74 Å². The smallest absolute Gasteiger partial charge is 0.191 e. The number of guanidine groups is 1. The molecule has 0 bridgehead atoms. The molecule has 0 aromatic carbocycles. The summed E-state index contributed by atoms with van der Waals surface area (Å²) in [5.41, 5.74) is 1.51. The van der Waals surface area contributed by atoms with E-state index >= 15 is 0 Å². The van der Waals surface area contributed by atoms with Gasteiger partial charge in [0.2, 0.25) is 0 Å². The summed E-state index contributed by atoms with van der Waals surface area (Å²) >= 11 is 1.74. The van der Waals surface area contributed by atoms with Crippen molar-refractivity contribution in [3.8, 4) is 0 Å². The molecule has 0 spiro atoms. The first kappa shape index (κ1) is 20.6. The van der Waals surface area contributed by atoms with Crippen molar-refractivity contribution in [3.05, 3.63) is 15.6 Å². The van der Waals surface area contributed by atoms with E-state index in [0.29, 0.717) is 5.41 Å². The number of rotatable bonds is 7. The maximum absolute atomic E-state index is 5.25. The summed E-state index contributed by atoms with van der Waals surface area (Å²) in [4.78, 5) is 10.1. The van der Waals surface area contributed by atoms with E-state index in [1.807, 2.05) is 14.0 Å². The molecule has 1 aromatic rings. The molecule has 0 radical (unpaired) electrons. The minimum absolute atomic E-state index is 0. The number of aromatic nitrogens is 1. The third-order valence-corrected chi connectivity index (χ3v) is 5.59. The fourth-order valence-electron chi connectivity index (χ4n) is 2.90. The summed E-state index contributed by atoms with van der Waals surface area (Å²) in [5.74, 6) is 0.870. The second-order valence-corrected chi connectivity index (χ2v) is 7.40. The topological polar surface area (TPSA) is 58.5 Å². The predicted octanol–water partition coefficient (Wildman–Crippen LogP) is 3.25. The Morgan fingerprint density at radius 2 is 2.09 bits per heavy atom. The highest BCUT2D eigenvalue weighted by molar-refractivity contribution is 14.0. The molecule has 1 aliphatic carbocycles. The Hall–Kier alpha value is -0.410. The van der Waals surface area contributed by atoms with Gasteiger partial charge in [-0.05, 0) is 38.5 Å². The van der Waals surface area contributed by atoms with Crippen molar-refractivity contribution in [3.63, 3.8) is 0 Å². The van der Waals surface area contributed by atoms with Gasteiger partial charge >= 0.3 is 0 Å². The van der Waals surface area contributed by atoms with Crippen LogP contribution in [0, 0.1) is 19.3 Å². The Labute approximate surface area is 160 Å². The fourth-order valence-corrected chi connectivity index (χ4v) is 3.78. The fraction of sp³-hybridized carbons (Fsp3) is 0.750. The zero-order valence-electron chi connectivity index (χ0n) is 14.6. The summed E-state index contributed by atoms with van der Waals surface area (Å²) in [7, 11) is 3.60. The van der Waals surface area contributed by atoms with Gasteiger partial charge in [-0.2, -0.15) is 0 Å². The largest absolute Gasteiger partial charge is 0.385 e. The number of ether oxygens (including phenoxy) is 1. The van der Waals surface area contributed by atoms with Gasteiger partial charge in [0.1, 0.15) is 0 Å². The van der Waals surface area contributed by atoms with Crippen molar-refractivity contribution >= 4 is 41.3 Å². The van der Waals surface area contributed by atoms with Crippen LogP contribution in [0.4, 0.5) is 0 Å². The lowest BCUT2D eigenvalue weighted by atomic mass is 9.67. The predicted molar refractivity (Wildman–Crippen MR) is 108 cm³/mol. The van der Waals surface area contributed by atoms with E-state index < -0.39 is 0 Å². The first-order valence-corrected chi connectivity index (χ1v) is 8.76. The van der Waals surface area contributed by atoms with E-state index in [9.17, 15) is 0 Å². The zero-order chi connectivity index (χ0) is 16.0. The molecule has 2 N–H and O–H groups in total. The van der Waals surface area contributed by atoms with E-state index in [1.165, 1.54) is 24.1 Å². The maximum Gasteiger partial charge on any atom is 0.191 e. The van der Waals surface area contributed by atoms with Crippen LogP contribution < -0.4 is 10.6 Å². The minimum Gasteiger partial charge on any atom is -0.385 e. The third kappa shape index (κ3) is 5.86. The lowest BCUT2D eigenvalue weighted by Crippen LogP contribution is -2.46. The highest BCUT2D eigenvalue weighted by Gasteiger charge is 2.36. The molecule has 0 saturated heterocycles. The minimum atomic E-state index is 0. The highest BCUT2D eigenvalue weighted by Crippen LogP contribution is 2.43. The number of halogens is 1. The highest BCUT2D eigenvalue weighted by atomic mass is 127. The van der Waals surface area contributed by atoms with Crippen molar-refractivity contribution in [1.82, 2.24) is 15.6 Å². The number of hydrogen-bond acceptors (Lipinski definition) is 4. The number of nitrogens with zero attached hydrogens (tertiary/aromatic N) is 2. The molecule has 0 unspecified atom stereocenters. The van der Waals surface area contributed by atoms with E-state index in [0.717, 1.165) is 42.8 Å². The second-order valence-electron chi connectivity index (χ2n) is 6.12. The molecule has 1 aromatic heterocycles. The lowest BCUT2D eigenvalue weighted by Gasteiger charge is -2.42. The van der Waals surface area contributed by atoms with E-state index in [-0.39, 0.29) is 24.0 Å². The van der Waals surface area contributed by atoms with Gasteiger partial charge < -0.3 is 15.4 Å².